The third-order valence-corrected chi connectivity index (χ3v) is 5.23. The number of hydrogen-bond acceptors (Lipinski definition) is 3. The second-order valence-electron chi connectivity index (χ2n) is 6.74. The van der Waals surface area contributed by atoms with E-state index in [1.54, 1.807) is 0 Å². The molecule has 0 saturated heterocycles. The van der Waals surface area contributed by atoms with Crippen molar-refractivity contribution in [1.82, 2.24) is 0 Å². The van der Waals surface area contributed by atoms with Gasteiger partial charge in [-0.25, -0.2) is 9.89 Å². The van der Waals surface area contributed by atoms with Gasteiger partial charge in [-0.05, 0) is 30.0 Å². The summed E-state index contributed by atoms with van der Waals surface area (Å²) in [7, 11) is 0. The summed E-state index contributed by atoms with van der Waals surface area (Å²) in [6.07, 6.45) is 1.81. The van der Waals surface area contributed by atoms with Crippen LogP contribution in [0.4, 0.5) is 17.1 Å². The summed E-state index contributed by atoms with van der Waals surface area (Å²) >= 11 is 0. The number of anilines is 2. The van der Waals surface area contributed by atoms with Crippen LogP contribution in [-0.4, -0.2) is 31.5 Å². The Morgan fingerprint density at radius 2 is 1.81 bits per heavy atom. The highest BCUT2D eigenvalue weighted by Gasteiger charge is 2.41. The number of rotatable bonds is 5. The Morgan fingerprint density at radius 1 is 1.11 bits per heavy atom. The number of fused-ring (bicyclic) bond motifs is 3. The average molecular weight is 385 g/mol. The summed E-state index contributed by atoms with van der Waals surface area (Å²) in [5, 5.41) is 3.19. The number of nitrogens with zero attached hydrogens (tertiary/aromatic N) is 2. The normalized spacial score (nSPS) is 17.0. The van der Waals surface area contributed by atoms with Crippen LogP contribution >= 0.6 is 0 Å². The Kier molecular flexibility index (Phi) is 5.82. The lowest BCUT2D eigenvalue weighted by atomic mass is 10.0. The zero-order valence-electron chi connectivity index (χ0n) is 15.8. The Bertz CT molecular complexity index is 858. The molecule has 0 saturated carbocycles. The Labute approximate surface area is 166 Å². The van der Waals surface area contributed by atoms with E-state index in [1.165, 1.54) is 16.8 Å². The first-order valence-corrected chi connectivity index (χ1v) is 9.41. The molecule has 2 N–H and O–H groups in total. The van der Waals surface area contributed by atoms with Crippen molar-refractivity contribution in [3.63, 3.8) is 0 Å². The molecule has 2 aliphatic rings. The summed E-state index contributed by atoms with van der Waals surface area (Å²) in [4.78, 5) is 20.8. The van der Waals surface area contributed by atoms with Crippen molar-refractivity contribution >= 4 is 28.9 Å². The SMILES string of the molecule is CCc1cccc(CC)c1NC(=O)C[NH+]1C2=NCCN2c2ccccc21.[Cl-]. The van der Waals surface area contributed by atoms with Crippen LogP contribution < -0.4 is 27.5 Å². The minimum absolute atomic E-state index is 0. The molecule has 1 unspecified atom stereocenters. The fraction of sp³-hybridized carbons (Fsp3) is 0.333. The lowest BCUT2D eigenvalue weighted by molar-refractivity contribution is -0.717. The van der Waals surface area contributed by atoms with Crippen molar-refractivity contribution < 1.29 is 22.1 Å². The smallest absolute Gasteiger partial charge is 0.309 e. The number of aliphatic imine (C=N–C) groups is 1. The van der Waals surface area contributed by atoms with Gasteiger partial charge in [0.15, 0.2) is 12.2 Å². The number of halogens is 1. The van der Waals surface area contributed by atoms with Crippen LogP contribution in [0.1, 0.15) is 25.0 Å². The van der Waals surface area contributed by atoms with E-state index in [0.717, 1.165) is 48.2 Å². The third kappa shape index (κ3) is 3.45. The highest BCUT2D eigenvalue weighted by atomic mass is 35.5. The maximum absolute atomic E-state index is 12.9. The molecule has 5 nitrogen and oxygen atoms in total. The van der Waals surface area contributed by atoms with Gasteiger partial charge in [0.1, 0.15) is 5.69 Å². The Morgan fingerprint density at radius 3 is 2.52 bits per heavy atom. The first-order chi connectivity index (χ1) is 12.7. The first kappa shape index (κ1) is 19.4. The van der Waals surface area contributed by atoms with Gasteiger partial charge in [-0.3, -0.25) is 9.69 Å². The van der Waals surface area contributed by atoms with Crippen molar-refractivity contribution in [1.29, 1.82) is 0 Å². The van der Waals surface area contributed by atoms with E-state index < -0.39 is 0 Å². The van der Waals surface area contributed by atoms with Gasteiger partial charge in [-0.1, -0.05) is 44.2 Å². The topological polar surface area (TPSA) is 49.1 Å². The molecular formula is C21H25ClN4O. The third-order valence-electron chi connectivity index (χ3n) is 5.23. The zero-order chi connectivity index (χ0) is 18.1. The number of aryl methyl sites for hydroxylation is 2. The fourth-order valence-electron chi connectivity index (χ4n) is 3.95. The number of guanidine groups is 1. The number of amides is 1. The summed E-state index contributed by atoms with van der Waals surface area (Å²) in [5.74, 6) is 1.00. The van der Waals surface area contributed by atoms with E-state index in [-0.39, 0.29) is 18.3 Å². The summed E-state index contributed by atoms with van der Waals surface area (Å²) in [6, 6.07) is 14.5. The van der Waals surface area contributed by atoms with Crippen molar-refractivity contribution in [2.75, 3.05) is 29.9 Å². The summed E-state index contributed by atoms with van der Waals surface area (Å²) in [6.45, 7) is 6.30. The molecule has 2 heterocycles. The van der Waals surface area contributed by atoms with E-state index in [9.17, 15) is 4.79 Å². The molecule has 6 heteroatoms. The molecule has 0 bridgehead atoms. The van der Waals surface area contributed by atoms with Crippen LogP contribution in [0.5, 0.6) is 0 Å². The van der Waals surface area contributed by atoms with E-state index >= 15 is 0 Å². The molecule has 0 spiro atoms. The molecule has 142 valence electrons. The summed E-state index contributed by atoms with van der Waals surface area (Å²) < 4.78 is 0. The monoisotopic (exact) mass is 384 g/mol. The van der Waals surface area contributed by atoms with Gasteiger partial charge in [0.2, 0.25) is 0 Å². The minimum Gasteiger partial charge on any atom is -1.00 e. The number of quaternary nitrogens is 1. The molecule has 2 aromatic carbocycles. The van der Waals surface area contributed by atoms with Crippen LogP contribution in [0.15, 0.2) is 47.5 Å². The van der Waals surface area contributed by atoms with Crippen molar-refractivity contribution in [3.8, 4) is 0 Å². The lowest BCUT2D eigenvalue weighted by Crippen LogP contribution is -3.10. The average Bonchev–Trinajstić information content (AvgIpc) is 3.25. The predicted octanol–water partition coefficient (Wildman–Crippen LogP) is -0.840. The quantitative estimate of drug-likeness (QED) is 0.706. The van der Waals surface area contributed by atoms with E-state index in [2.05, 4.69) is 59.4 Å². The number of carbonyl (C=O) groups excluding carboxylic acids is 1. The van der Waals surface area contributed by atoms with Crippen molar-refractivity contribution in [2.24, 2.45) is 4.99 Å². The number of nitrogens with one attached hydrogen (secondary N) is 2. The molecule has 0 aliphatic carbocycles. The molecular weight excluding hydrogens is 360 g/mol. The van der Waals surface area contributed by atoms with Crippen molar-refractivity contribution in [2.45, 2.75) is 26.7 Å². The fourth-order valence-corrected chi connectivity index (χ4v) is 3.95. The molecule has 2 aromatic rings. The molecule has 4 rings (SSSR count). The van der Waals surface area contributed by atoms with Gasteiger partial charge >= 0.3 is 5.96 Å². The van der Waals surface area contributed by atoms with Gasteiger partial charge in [-0.15, -0.1) is 0 Å². The highest BCUT2D eigenvalue weighted by Crippen LogP contribution is 2.28. The van der Waals surface area contributed by atoms with Crippen molar-refractivity contribution in [3.05, 3.63) is 53.6 Å². The van der Waals surface area contributed by atoms with Crippen LogP contribution in [0.3, 0.4) is 0 Å². The molecule has 0 fully saturated rings. The van der Waals surface area contributed by atoms with Gasteiger partial charge in [0.05, 0.1) is 6.54 Å². The Balaban J connectivity index is 0.00000210. The molecule has 1 amide bonds. The van der Waals surface area contributed by atoms with Gasteiger partial charge < -0.3 is 17.7 Å². The number of benzene rings is 2. The molecule has 27 heavy (non-hydrogen) atoms. The lowest BCUT2D eigenvalue weighted by Gasteiger charge is -2.16. The predicted molar refractivity (Wildman–Crippen MR) is 105 cm³/mol. The molecule has 0 radical (unpaired) electrons. The second kappa shape index (κ2) is 8.11. The maximum atomic E-state index is 12.9. The standard InChI is InChI=1S/C21H24N4O.ClH/c1-3-15-8-7-9-16(4-2)20(15)23-19(26)14-25-18-11-6-5-10-17(18)24-13-12-22-21(24)25;/h5-11H,3-4,12-14H2,1-2H3,(H,23,26);1H. The van der Waals surface area contributed by atoms with E-state index in [4.69, 9.17) is 0 Å². The van der Waals surface area contributed by atoms with Crippen LogP contribution in [0.2, 0.25) is 0 Å². The Hall–Kier alpha value is -2.37. The zero-order valence-corrected chi connectivity index (χ0v) is 16.5. The molecule has 1 atom stereocenters. The van der Waals surface area contributed by atoms with Crippen LogP contribution in [0.25, 0.3) is 0 Å². The number of carbonyl (C=O) groups is 1. The van der Waals surface area contributed by atoms with E-state index in [0.29, 0.717) is 6.54 Å². The van der Waals surface area contributed by atoms with Crippen LogP contribution in [0, 0.1) is 0 Å². The van der Waals surface area contributed by atoms with Gasteiger partial charge in [0.25, 0.3) is 5.91 Å². The highest BCUT2D eigenvalue weighted by molar-refractivity contribution is 6.02. The maximum Gasteiger partial charge on any atom is 0.309 e. The number of para-hydroxylation sites is 3. The first-order valence-electron chi connectivity index (χ1n) is 9.41. The molecule has 0 aromatic heterocycles. The minimum atomic E-state index is 0. The molecule has 2 aliphatic heterocycles. The number of hydrogen-bond donors (Lipinski definition) is 2. The van der Waals surface area contributed by atoms with Gasteiger partial charge in [0, 0.05) is 18.3 Å². The largest absolute Gasteiger partial charge is 1.00 e. The van der Waals surface area contributed by atoms with E-state index in [1.807, 2.05) is 12.1 Å². The van der Waals surface area contributed by atoms with Gasteiger partial charge in [-0.2, -0.15) is 0 Å². The second-order valence-corrected chi connectivity index (χ2v) is 6.74. The van der Waals surface area contributed by atoms with Crippen LogP contribution in [-0.2, 0) is 17.6 Å². The summed E-state index contributed by atoms with van der Waals surface area (Å²) in [5.41, 5.74) is 5.68.